The van der Waals surface area contributed by atoms with Crippen LogP contribution in [0.2, 0.25) is 0 Å². The van der Waals surface area contributed by atoms with Gasteiger partial charge in [-0.3, -0.25) is 0 Å². The van der Waals surface area contributed by atoms with E-state index in [1.54, 1.807) is 24.2 Å². The van der Waals surface area contributed by atoms with E-state index < -0.39 is 0 Å². The number of rotatable bonds is 4. The van der Waals surface area contributed by atoms with Gasteiger partial charge in [0, 0.05) is 22.9 Å². The molecule has 0 saturated carbocycles. The van der Waals surface area contributed by atoms with E-state index in [9.17, 15) is 0 Å². The molecule has 18 heavy (non-hydrogen) atoms. The van der Waals surface area contributed by atoms with Crippen LogP contribution >= 0.6 is 27.7 Å². The first kappa shape index (κ1) is 13.5. The predicted octanol–water partition coefficient (Wildman–Crippen LogP) is 3.42. The summed E-state index contributed by atoms with van der Waals surface area (Å²) in [7, 11) is 0. The predicted molar refractivity (Wildman–Crippen MR) is 78.4 cm³/mol. The SMILES string of the molecule is CC(N)C(Sc1ncccn1)c1ccc(Br)cc1. The Kier molecular flexibility index (Phi) is 4.74. The lowest BCUT2D eigenvalue weighted by Gasteiger charge is -2.19. The summed E-state index contributed by atoms with van der Waals surface area (Å²) in [4.78, 5) is 8.46. The monoisotopic (exact) mass is 323 g/mol. The van der Waals surface area contributed by atoms with Crippen LogP contribution in [0.15, 0.2) is 52.4 Å². The van der Waals surface area contributed by atoms with Crippen molar-refractivity contribution in [1.82, 2.24) is 9.97 Å². The molecule has 2 unspecified atom stereocenters. The Labute approximate surface area is 119 Å². The van der Waals surface area contributed by atoms with Crippen molar-refractivity contribution in [3.63, 3.8) is 0 Å². The normalized spacial score (nSPS) is 14.2. The molecule has 1 aromatic carbocycles. The van der Waals surface area contributed by atoms with E-state index in [0.29, 0.717) is 0 Å². The number of nitrogens with two attached hydrogens (primary N) is 1. The minimum absolute atomic E-state index is 0.0278. The minimum Gasteiger partial charge on any atom is -0.327 e. The zero-order valence-electron chi connectivity index (χ0n) is 9.95. The van der Waals surface area contributed by atoms with E-state index >= 15 is 0 Å². The molecule has 1 aromatic heterocycles. The second-order valence-corrected chi connectivity index (χ2v) is 6.00. The van der Waals surface area contributed by atoms with Crippen LogP contribution in [-0.2, 0) is 0 Å². The molecule has 0 aliphatic heterocycles. The van der Waals surface area contributed by atoms with Crippen molar-refractivity contribution in [2.24, 2.45) is 5.73 Å². The third kappa shape index (κ3) is 3.54. The van der Waals surface area contributed by atoms with Gasteiger partial charge in [-0.05, 0) is 30.7 Å². The first-order valence-electron chi connectivity index (χ1n) is 5.61. The van der Waals surface area contributed by atoms with Crippen molar-refractivity contribution >= 4 is 27.7 Å². The number of hydrogen-bond acceptors (Lipinski definition) is 4. The summed E-state index contributed by atoms with van der Waals surface area (Å²) in [5, 5.41) is 0.906. The summed E-state index contributed by atoms with van der Waals surface area (Å²) in [5.74, 6) is 0. The Morgan fingerprint density at radius 2 is 1.78 bits per heavy atom. The number of hydrogen-bond donors (Lipinski definition) is 1. The zero-order chi connectivity index (χ0) is 13.0. The molecule has 94 valence electrons. The molecule has 3 nitrogen and oxygen atoms in total. The summed E-state index contributed by atoms with van der Waals surface area (Å²) in [6, 6.07) is 10.0. The second-order valence-electron chi connectivity index (χ2n) is 3.98. The van der Waals surface area contributed by atoms with E-state index in [1.165, 1.54) is 5.56 Å². The summed E-state index contributed by atoms with van der Waals surface area (Å²) < 4.78 is 1.07. The number of benzene rings is 1. The Bertz CT molecular complexity index is 487. The van der Waals surface area contributed by atoms with Gasteiger partial charge in [-0.1, -0.05) is 39.8 Å². The van der Waals surface area contributed by atoms with Gasteiger partial charge in [-0.15, -0.1) is 0 Å². The zero-order valence-corrected chi connectivity index (χ0v) is 12.4. The first-order chi connectivity index (χ1) is 8.66. The van der Waals surface area contributed by atoms with Crippen LogP contribution < -0.4 is 5.73 Å². The fourth-order valence-electron chi connectivity index (χ4n) is 1.59. The lowest BCUT2D eigenvalue weighted by atomic mass is 10.1. The molecule has 0 saturated heterocycles. The number of aromatic nitrogens is 2. The number of thioether (sulfide) groups is 1. The van der Waals surface area contributed by atoms with Crippen molar-refractivity contribution in [3.8, 4) is 0 Å². The molecule has 5 heteroatoms. The summed E-state index contributed by atoms with van der Waals surface area (Å²) in [6.07, 6.45) is 3.49. The van der Waals surface area contributed by atoms with Gasteiger partial charge in [0.1, 0.15) is 0 Å². The van der Waals surface area contributed by atoms with Crippen molar-refractivity contribution in [2.45, 2.75) is 23.4 Å². The van der Waals surface area contributed by atoms with Gasteiger partial charge in [0.2, 0.25) is 0 Å². The van der Waals surface area contributed by atoms with E-state index in [2.05, 4.69) is 38.0 Å². The van der Waals surface area contributed by atoms with Crippen LogP contribution in [0.3, 0.4) is 0 Å². The molecular formula is C13H14BrN3S. The molecule has 0 bridgehead atoms. The highest BCUT2D eigenvalue weighted by Crippen LogP contribution is 2.35. The summed E-state index contributed by atoms with van der Waals surface area (Å²) in [5.41, 5.74) is 7.25. The lowest BCUT2D eigenvalue weighted by Crippen LogP contribution is -2.22. The Hall–Kier alpha value is -0.910. The third-order valence-electron chi connectivity index (χ3n) is 2.45. The van der Waals surface area contributed by atoms with Gasteiger partial charge in [0.15, 0.2) is 5.16 Å². The largest absolute Gasteiger partial charge is 0.327 e. The fourth-order valence-corrected chi connectivity index (χ4v) is 2.83. The molecular weight excluding hydrogens is 310 g/mol. The average molecular weight is 324 g/mol. The van der Waals surface area contributed by atoms with Gasteiger partial charge in [0.05, 0.1) is 5.25 Å². The smallest absolute Gasteiger partial charge is 0.188 e. The van der Waals surface area contributed by atoms with Crippen LogP contribution in [0.4, 0.5) is 0 Å². The van der Waals surface area contributed by atoms with E-state index in [-0.39, 0.29) is 11.3 Å². The lowest BCUT2D eigenvalue weighted by molar-refractivity contribution is 0.717. The number of halogens is 1. The van der Waals surface area contributed by atoms with Crippen LogP contribution in [0.5, 0.6) is 0 Å². The van der Waals surface area contributed by atoms with Crippen LogP contribution in [-0.4, -0.2) is 16.0 Å². The average Bonchev–Trinajstić information content (AvgIpc) is 2.38. The number of nitrogens with zero attached hydrogens (tertiary/aromatic N) is 2. The highest BCUT2D eigenvalue weighted by atomic mass is 79.9. The Morgan fingerprint density at radius 1 is 1.17 bits per heavy atom. The standard InChI is InChI=1S/C13H14BrN3S/c1-9(15)12(10-3-5-11(14)6-4-10)18-13-16-7-2-8-17-13/h2-9,12H,15H2,1H3. The molecule has 2 atom stereocenters. The summed E-state index contributed by atoms with van der Waals surface area (Å²) >= 11 is 5.03. The molecule has 2 N–H and O–H groups in total. The van der Waals surface area contributed by atoms with Crippen molar-refractivity contribution in [1.29, 1.82) is 0 Å². The van der Waals surface area contributed by atoms with Gasteiger partial charge in [-0.25, -0.2) is 9.97 Å². The molecule has 2 aromatic rings. The van der Waals surface area contributed by atoms with E-state index in [1.807, 2.05) is 25.1 Å². The van der Waals surface area contributed by atoms with Gasteiger partial charge in [-0.2, -0.15) is 0 Å². The Balaban J connectivity index is 2.21. The van der Waals surface area contributed by atoms with Gasteiger partial charge < -0.3 is 5.73 Å². The van der Waals surface area contributed by atoms with Crippen molar-refractivity contribution in [3.05, 3.63) is 52.8 Å². The Morgan fingerprint density at radius 3 is 2.33 bits per heavy atom. The van der Waals surface area contributed by atoms with Crippen LogP contribution in [0, 0.1) is 0 Å². The van der Waals surface area contributed by atoms with Crippen molar-refractivity contribution < 1.29 is 0 Å². The maximum Gasteiger partial charge on any atom is 0.188 e. The van der Waals surface area contributed by atoms with E-state index in [4.69, 9.17) is 5.73 Å². The first-order valence-corrected chi connectivity index (χ1v) is 7.29. The van der Waals surface area contributed by atoms with E-state index in [0.717, 1.165) is 9.63 Å². The molecule has 0 aliphatic carbocycles. The summed E-state index contributed by atoms with van der Waals surface area (Å²) in [6.45, 7) is 2.00. The molecule has 1 heterocycles. The highest BCUT2D eigenvalue weighted by molar-refractivity contribution is 9.10. The fraction of sp³-hybridized carbons (Fsp3) is 0.231. The molecule has 0 aliphatic rings. The topological polar surface area (TPSA) is 51.8 Å². The minimum atomic E-state index is 0.0278. The molecule has 0 radical (unpaired) electrons. The molecule has 0 fully saturated rings. The van der Waals surface area contributed by atoms with Gasteiger partial charge >= 0.3 is 0 Å². The third-order valence-corrected chi connectivity index (χ3v) is 4.36. The molecule has 2 rings (SSSR count). The van der Waals surface area contributed by atoms with Crippen LogP contribution in [0.25, 0.3) is 0 Å². The maximum atomic E-state index is 6.07. The quantitative estimate of drug-likeness (QED) is 0.692. The molecule has 0 spiro atoms. The van der Waals surface area contributed by atoms with Gasteiger partial charge in [0.25, 0.3) is 0 Å². The maximum absolute atomic E-state index is 6.07. The van der Waals surface area contributed by atoms with Crippen molar-refractivity contribution in [2.75, 3.05) is 0 Å². The highest BCUT2D eigenvalue weighted by Gasteiger charge is 2.18. The van der Waals surface area contributed by atoms with Crippen LogP contribution in [0.1, 0.15) is 17.7 Å². The second kappa shape index (κ2) is 6.31. The molecule has 0 amide bonds.